The van der Waals surface area contributed by atoms with E-state index in [0.29, 0.717) is 5.56 Å². The predicted molar refractivity (Wildman–Crippen MR) is 80.9 cm³/mol. The van der Waals surface area contributed by atoms with Crippen LogP contribution in [0.2, 0.25) is 0 Å². The van der Waals surface area contributed by atoms with Crippen molar-refractivity contribution < 1.29 is 4.79 Å². The Morgan fingerprint density at radius 1 is 1.05 bits per heavy atom. The van der Waals surface area contributed by atoms with E-state index in [9.17, 15) is 4.79 Å². The van der Waals surface area contributed by atoms with Crippen LogP contribution in [0.3, 0.4) is 0 Å². The van der Waals surface area contributed by atoms with E-state index in [4.69, 9.17) is 0 Å². The van der Waals surface area contributed by atoms with Gasteiger partial charge in [0.25, 0.3) is 5.91 Å². The van der Waals surface area contributed by atoms with Gasteiger partial charge in [-0.1, -0.05) is 18.2 Å². The van der Waals surface area contributed by atoms with Crippen LogP contribution in [0.1, 0.15) is 15.9 Å². The van der Waals surface area contributed by atoms with Gasteiger partial charge in [-0.05, 0) is 48.9 Å². The lowest BCUT2D eigenvalue weighted by atomic mass is 10.1. The predicted octanol–water partition coefficient (Wildman–Crippen LogP) is 3.80. The smallest absolute Gasteiger partial charge is 0.255 e. The van der Waals surface area contributed by atoms with Crippen molar-refractivity contribution in [2.24, 2.45) is 0 Å². The van der Waals surface area contributed by atoms with Gasteiger partial charge in [0.15, 0.2) is 0 Å². The van der Waals surface area contributed by atoms with Crippen LogP contribution in [0.5, 0.6) is 0 Å². The van der Waals surface area contributed by atoms with Crippen molar-refractivity contribution in [1.29, 1.82) is 0 Å². The number of rotatable bonds is 2. The number of fused-ring (bicyclic) bond motifs is 1. The lowest BCUT2D eigenvalue weighted by molar-refractivity contribution is 0.102. The molecule has 0 fully saturated rings. The van der Waals surface area contributed by atoms with E-state index < -0.39 is 0 Å². The number of hydrogen-bond donors (Lipinski definition) is 1. The van der Waals surface area contributed by atoms with E-state index in [1.54, 1.807) is 12.3 Å². The molecule has 0 aliphatic rings. The van der Waals surface area contributed by atoms with Crippen LogP contribution in [0.4, 0.5) is 5.69 Å². The Balaban J connectivity index is 1.94. The Morgan fingerprint density at radius 2 is 1.85 bits per heavy atom. The number of carbonyl (C=O) groups is 1. The number of pyridine rings is 1. The number of anilines is 1. The summed E-state index contributed by atoms with van der Waals surface area (Å²) in [5, 5.41) is 3.89. The minimum atomic E-state index is -0.110. The molecule has 0 unspecified atom stereocenters. The van der Waals surface area contributed by atoms with Crippen molar-refractivity contribution >= 4 is 22.5 Å². The first kappa shape index (κ1) is 12.4. The number of para-hydroxylation sites is 1. The SMILES string of the molecule is Cc1ccnc2ccc(C(=O)Nc3ccccc3)cc12. The Kier molecular flexibility index (Phi) is 3.17. The fraction of sp³-hybridized carbons (Fsp3) is 0.0588. The molecule has 98 valence electrons. The first-order valence-electron chi connectivity index (χ1n) is 6.46. The maximum Gasteiger partial charge on any atom is 0.255 e. The van der Waals surface area contributed by atoms with Gasteiger partial charge < -0.3 is 5.32 Å². The minimum absolute atomic E-state index is 0.110. The molecule has 0 aliphatic carbocycles. The molecule has 3 rings (SSSR count). The van der Waals surface area contributed by atoms with Crippen molar-refractivity contribution in [1.82, 2.24) is 4.98 Å². The first-order valence-corrected chi connectivity index (χ1v) is 6.46. The summed E-state index contributed by atoms with van der Waals surface area (Å²) in [6.07, 6.45) is 1.78. The van der Waals surface area contributed by atoms with Gasteiger partial charge in [0, 0.05) is 22.8 Å². The number of nitrogens with zero attached hydrogens (tertiary/aromatic N) is 1. The average molecular weight is 262 g/mol. The molecule has 20 heavy (non-hydrogen) atoms. The number of hydrogen-bond acceptors (Lipinski definition) is 2. The van der Waals surface area contributed by atoms with Gasteiger partial charge in [-0.15, -0.1) is 0 Å². The van der Waals surface area contributed by atoms with Crippen LogP contribution in [0.25, 0.3) is 10.9 Å². The van der Waals surface area contributed by atoms with E-state index in [1.807, 2.05) is 55.5 Å². The van der Waals surface area contributed by atoms with Crippen molar-refractivity contribution in [3.63, 3.8) is 0 Å². The molecular weight excluding hydrogens is 248 g/mol. The third kappa shape index (κ3) is 2.38. The third-order valence-corrected chi connectivity index (χ3v) is 3.25. The van der Waals surface area contributed by atoms with Gasteiger partial charge in [0.2, 0.25) is 0 Å². The van der Waals surface area contributed by atoms with Gasteiger partial charge in [-0.25, -0.2) is 0 Å². The summed E-state index contributed by atoms with van der Waals surface area (Å²) in [6.45, 7) is 2.02. The fourth-order valence-corrected chi connectivity index (χ4v) is 2.15. The molecule has 3 nitrogen and oxygen atoms in total. The van der Waals surface area contributed by atoms with Crippen LogP contribution >= 0.6 is 0 Å². The van der Waals surface area contributed by atoms with Crippen LogP contribution in [-0.4, -0.2) is 10.9 Å². The molecule has 0 radical (unpaired) electrons. The average Bonchev–Trinajstić information content (AvgIpc) is 2.48. The Morgan fingerprint density at radius 3 is 2.65 bits per heavy atom. The maximum absolute atomic E-state index is 12.2. The lowest BCUT2D eigenvalue weighted by Crippen LogP contribution is -2.11. The molecule has 1 N–H and O–H groups in total. The third-order valence-electron chi connectivity index (χ3n) is 3.25. The zero-order valence-corrected chi connectivity index (χ0v) is 11.1. The Hall–Kier alpha value is -2.68. The largest absolute Gasteiger partial charge is 0.322 e. The van der Waals surface area contributed by atoms with Crippen LogP contribution in [-0.2, 0) is 0 Å². The number of aryl methyl sites for hydroxylation is 1. The van der Waals surface area contributed by atoms with Gasteiger partial charge in [-0.2, -0.15) is 0 Å². The molecule has 0 saturated heterocycles. The second kappa shape index (κ2) is 5.13. The molecule has 0 bridgehead atoms. The summed E-state index contributed by atoms with van der Waals surface area (Å²) < 4.78 is 0. The van der Waals surface area contributed by atoms with Gasteiger partial charge in [0.05, 0.1) is 5.52 Å². The molecule has 1 heterocycles. The molecule has 0 saturated carbocycles. The quantitative estimate of drug-likeness (QED) is 0.763. The van der Waals surface area contributed by atoms with Crippen molar-refractivity contribution in [3.05, 3.63) is 71.9 Å². The molecule has 2 aromatic carbocycles. The second-order valence-electron chi connectivity index (χ2n) is 4.68. The highest BCUT2D eigenvalue weighted by atomic mass is 16.1. The number of amides is 1. The molecule has 3 heteroatoms. The van der Waals surface area contributed by atoms with Crippen molar-refractivity contribution in [2.75, 3.05) is 5.32 Å². The van der Waals surface area contributed by atoms with Crippen molar-refractivity contribution in [3.8, 4) is 0 Å². The monoisotopic (exact) mass is 262 g/mol. The van der Waals surface area contributed by atoms with Gasteiger partial charge in [0.1, 0.15) is 0 Å². The van der Waals surface area contributed by atoms with Crippen molar-refractivity contribution in [2.45, 2.75) is 6.92 Å². The zero-order chi connectivity index (χ0) is 13.9. The number of aromatic nitrogens is 1. The molecule has 0 atom stereocenters. The Bertz CT molecular complexity index is 766. The van der Waals surface area contributed by atoms with Crippen LogP contribution < -0.4 is 5.32 Å². The molecule has 3 aromatic rings. The maximum atomic E-state index is 12.2. The highest BCUT2D eigenvalue weighted by Crippen LogP contribution is 2.18. The topological polar surface area (TPSA) is 42.0 Å². The number of carbonyl (C=O) groups excluding carboxylic acids is 1. The molecule has 1 amide bonds. The van der Waals surface area contributed by atoms with Crippen LogP contribution in [0.15, 0.2) is 60.8 Å². The standard InChI is InChI=1S/C17H14N2O/c1-12-9-10-18-16-8-7-13(11-15(12)16)17(20)19-14-5-3-2-4-6-14/h2-11H,1H3,(H,19,20). The lowest BCUT2D eigenvalue weighted by Gasteiger charge is -2.07. The zero-order valence-electron chi connectivity index (χ0n) is 11.1. The summed E-state index contributed by atoms with van der Waals surface area (Å²) in [5.41, 5.74) is 3.45. The second-order valence-corrected chi connectivity index (χ2v) is 4.68. The molecular formula is C17H14N2O. The van der Waals surface area contributed by atoms with E-state index in [2.05, 4.69) is 10.3 Å². The highest BCUT2D eigenvalue weighted by Gasteiger charge is 2.08. The number of nitrogens with one attached hydrogen (secondary N) is 1. The minimum Gasteiger partial charge on any atom is -0.322 e. The number of benzene rings is 2. The van der Waals surface area contributed by atoms with Gasteiger partial charge >= 0.3 is 0 Å². The summed E-state index contributed by atoms with van der Waals surface area (Å²) >= 11 is 0. The van der Waals surface area contributed by atoms with E-state index in [0.717, 1.165) is 22.2 Å². The first-order chi connectivity index (χ1) is 9.74. The van der Waals surface area contributed by atoms with E-state index in [1.165, 1.54) is 0 Å². The Labute approximate surface area is 117 Å². The molecule has 0 aliphatic heterocycles. The molecule has 0 spiro atoms. The highest BCUT2D eigenvalue weighted by molar-refractivity contribution is 6.06. The molecule has 1 aromatic heterocycles. The summed E-state index contributed by atoms with van der Waals surface area (Å²) in [5.74, 6) is -0.110. The normalized spacial score (nSPS) is 10.4. The summed E-state index contributed by atoms with van der Waals surface area (Å²) in [7, 11) is 0. The summed E-state index contributed by atoms with van der Waals surface area (Å²) in [4.78, 5) is 16.5. The van der Waals surface area contributed by atoms with Gasteiger partial charge in [-0.3, -0.25) is 9.78 Å². The van der Waals surface area contributed by atoms with E-state index >= 15 is 0 Å². The fourth-order valence-electron chi connectivity index (χ4n) is 2.15. The van der Waals surface area contributed by atoms with E-state index in [-0.39, 0.29) is 5.91 Å². The summed E-state index contributed by atoms with van der Waals surface area (Å²) in [6, 6.07) is 16.9. The van der Waals surface area contributed by atoms with Crippen LogP contribution in [0, 0.1) is 6.92 Å².